The van der Waals surface area contributed by atoms with Crippen molar-refractivity contribution in [1.82, 2.24) is 9.88 Å². The lowest BCUT2D eigenvalue weighted by Gasteiger charge is -2.12. The van der Waals surface area contributed by atoms with Gasteiger partial charge >= 0.3 is 5.97 Å². The molecule has 1 atom stereocenters. The molecule has 1 unspecified atom stereocenters. The maximum absolute atomic E-state index is 12.2. The molecule has 0 saturated carbocycles. The van der Waals surface area contributed by atoms with Crippen molar-refractivity contribution in [3.05, 3.63) is 48.2 Å². The molecule has 1 aromatic heterocycles. The van der Waals surface area contributed by atoms with Gasteiger partial charge in [0.2, 0.25) is 5.91 Å². The summed E-state index contributed by atoms with van der Waals surface area (Å²) in [6, 6.07) is 7.02. The Morgan fingerprint density at radius 1 is 1.35 bits per heavy atom. The molecule has 23 heavy (non-hydrogen) atoms. The number of para-hydroxylation sites is 1. The quantitative estimate of drug-likeness (QED) is 0.772. The van der Waals surface area contributed by atoms with E-state index >= 15 is 0 Å². The summed E-state index contributed by atoms with van der Waals surface area (Å²) in [5, 5.41) is 12.8. The Morgan fingerprint density at radius 3 is 2.74 bits per heavy atom. The lowest BCUT2D eigenvalue weighted by molar-refractivity contribution is -0.141. The molecule has 0 saturated heterocycles. The van der Waals surface area contributed by atoms with Crippen molar-refractivity contribution in [1.29, 1.82) is 0 Å². The minimum absolute atomic E-state index is 0.174. The summed E-state index contributed by atoms with van der Waals surface area (Å²) in [6.07, 6.45) is 5.94. The van der Waals surface area contributed by atoms with Crippen LogP contribution in [0.15, 0.2) is 42.6 Å². The molecule has 0 spiro atoms. The Bertz CT molecular complexity index is 731. The second kappa shape index (κ2) is 7.63. The van der Waals surface area contributed by atoms with Crippen molar-refractivity contribution in [3.63, 3.8) is 0 Å². The van der Waals surface area contributed by atoms with Crippen molar-refractivity contribution in [3.8, 4) is 0 Å². The van der Waals surface area contributed by atoms with E-state index in [4.69, 9.17) is 0 Å². The number of rotatable bonds is 7. The minimum atomic E-state index is -1.02. The summed E-state index contributed by atoms with van der Waals surface area (Å²) in [7, 11) is 0. The monoisotopic (exact) mass is 314 g/mol. The maximum Gasteiger partial charge on any atom is 0.326 e. The zero-order chi connectivity index (χ0) is 16.8. The van der Waals surface area contributed by atoms with Gasteiger partial charge in [-0.25, -0.2) is 4.79 Å². The van der Waals surface area contributed by atoms with E-state index in [0.29, 0.717) is 0 Å². The van der Waals surface area contributed by atoms with Crippen molar-refractivity contribution >= 4 is 22.8 Å². The molecule has 2 rings (SSSR count). The molecule has 0 bridgehead atoms. The zero-order valence-electron chi connectivity index (χ0n) is 13.5. The van der Waals surface area contributed by atoms with Gasteiger partial charge in [0, 0.05) is 23.6 Å². The molecule has 0 aliphatic carbocycles. The molecule has 2 aromatic rings. The van der Waals surface area contributed by atoms with E-state index in [1.54, 1.807) is 12.2 Å². The average Bonchev–Trinajstić information content (AvgIpc) is 2.89. The number of carbonyl (C=O) groups is 2. The van der Waals surface area contributed by atoms with Crippen LogP contribution in [0.3, 0.4) is 0 Å². The third kappa shape index (κ3) is 4.00. The highest BCUT2D eigenvalue weighted by atomic mass is 16.4. The van der Waals surface area contributed by atoms with Crippen LogP contribution in [0.5, 0.6) is 0 Å². The first-order valence-electron chi connectivity index (χ1n) is 7.76. The third-order valence-electron chi connectivity index (χ3n) is 3.80. The van der Waals surface area contributed by atoms with Gasteiger partial charge in [-0.2, -0.15) is 0 Å². The van der Waals surface area contributed by atoms with E-state index in [2.05, 4.69) is 9.88 Å². The summed E-state index contributed by atoms with van der Waals surface area (Å²) in [5.41, 5.74) is 2.00. The number of fused-ring (bicyclic) bond motifs is 1. The van der Waals surface area contributed by atoms with E-state index in [-0.39, 0.29) is 18.7 Å². The number of carboxylic acid groups (broad SMARTS) is 1. The largest absolute Gasteiger partial charge is 0.480 e. The van der Waals surface area contributed by atoms with E-state index in [1.165, 1.54) is 0 Å². The Labute approximate surface area is 135 Å². The fraction of sp³-hybridized carbons (Fsp3) is 0.333. The predicted octanol–water partition coefficient (Wildman–Crippen LogP) is 2.74. The van der Waals surface area contributed by atoms with Gasteiger partial charge < -0.3 is 15.0 Å². The molecule has 5 nitrogen and oxygen atoms in total. The summed E-state index contributed by atoms with van der Waals surface area (Å²) in [6.45, 7) is 4.69. The Balaban J connectivity index is 2.15. The van der Waals surface area contributed by atoms with Crippen LogP contribution in [-0.4, -0.2) is 27.6 Å². The average molecular weight is 314 g/mol. The lowest BCUT2D eigenvalue weighted by atomic mass is 10.1. The highest BCUT2D eigenvalue weighted by molar-refractivity contribution is 5.91. The maximum atomic E-state index is 12.2. The van der Waals surface area contributed by atoms with Gasteiger partial charge in [-0.1, -0.05) is 30.4 Å². The predicted molar refractivity (Wildman–Crippen MR) is 90.3 cm³/mol. The van der Waals surface area contributed by atoms with Crippen LogP contribution in [0.1, 0.15) is 25.8 Å². The van der Waals surface area contributed by atoms with E-state index in [0.717, 1.165) is 23.0 Å². The number of allylic oxidation sites excluding steroid dienone is 1. The molecule has 1 amide bonds. The molecule has 1 heterocycles. The van der Waals surface area contributed by atoms with Crippen molar-refractivity contribution in [2.24, 2.45) is 0 Å². The molecule has 1 aromatic carbocycles. The molecular weight excluding hydrogens is 292 g/mol. The first kappa shape index (κ1) is 16.8. The smallest absolute Gasteiger partial charge is 0.326 e. The van der Waals surface area contributed by atoms with Gasteiger partial charge in [0.15, 0.2) is 0 Å². The number of hydrogen-bond donors (Lipinski definition) is 2. The first-order valence-corrected chi connectivity index (χ1v) is 7.76. The molecule has 0 radical (unpaired) electrons. The highest BCUT2D eigenvalue weighted by Gasteiger charge is 2.19. The van der Waals surface area contributed by atoms with Crippen LogP contribution in [0.25, 0.3) is 10.9 Å². The van der Waals surface area contributed by atoms with Gasteiger partial charge in [-0.3, -0.25) is 4.79 Å². The lowest BCUT2D eigenvalue weighted by Crippen LogP contribution is -2.41. The van der Waals surface area contributed by atoms with E-state index in [1.807, 2.05) is 44.3 Å². The third-order valence-corrected chi connectivity index (χ3v) is 3.80. The number of carboxylic acids is 1. The van der Waals surface area contributed by atoms with Crippen molar-refractivity contribution in [2.45, 2.75) is 39.3 Å². The number of aromatic nitrogens is 1. The number of aryl methyl sites for hydroxylation is 1. The highest BCUT2D eigenvalue weighted by Crippen LogP contribution is 2.21. The molecule has 5 heteroatoms. The SMILES string of the molecule is C/C=C/CC(NC(=O)Cc1cn(CC)c2ccccc12)C(=O)O. The second-order valence-electron chi connectivity index (χ2n) is 5.40. The van der Waals surface area contributed by atoms with Crippen LogP contribution in [0, 0.1) is 0 Å². The van der Waals surface area contributed by atoms with Crippen molar-refractivity contribution < 1.29 is 14.7 Å². The summed E-state index contributed by atoms with van der Waals surface area (Å²) in [4.78, 5) is 23.4. The number of hydrogen-bond acceptors (Lipinski definition) is 2. The molecule has 0 aliphatic heterocycles. The standard InChI is InChI=1S/C18H22N2O3/c1-3-5-9-15(18(22)23)19-17(21)11-13-12-20(4-2)16-10-7-6-8-14(13)16/h3,5-8,10,12,15H,4,9,11H2,1-2H3,(H,19,21)(H,22,23)/b5-3+. The van der Waals surface area contributed by atoms with Gasteiger partial charge in [0.05, 0.1) is 6.42 Å². The molecule has 0 fully saturated rings. The summed E-state index contributed by atoms with van der Waals surface area (Å²) in [5.74, 6) is -1.30. The topological polar surface area (TPSA) is 71.3 Å². The first-order chi connectivity index (χ1) is 11.1. The fourth-order valence-electron chi connectivity index (χ4n) is 2.64. The molecule has 2 N–H and O–H groups in total. The van der Waals surface area contributed by atoms with Crippen LogP contribution in [0.2, 0.25) is 0 Å². The van der Waals surface area contributed by atoms with E-state index < -0.39 is 12.0 Å². The number of amides is 1. The van der Waals surface area contributed by atoms with Gasteiger partial charge in [-0.15, -0.1) is 0 Å². The van der Waals surface area contributed by atoms with E-state index in [9.17, 15) is 14.7 Å². The summed E-state index contributed by atoms with van der Waals surface area (Å²) < 4.78 is 2.09. The molecule has 0 aliphatic rings. The van der Waals surface area contributed by atoms with Crippen molar-refractivity contribution in [2.75, 3.05) is 0 Å². The number of nitrogens with one attached hydrogen (secondary N) is 1. The van der Waals surface area contributed by atoms with Crippen LogP contribution < -0.4 is 5.32 Å². The van der Waals surface area contributed by atoms with Crippen LogP contribution in [0.4, 0.5) is 0 Å². The van der Waals surface area contributed by atoms with Crippen LogP contribution >= 0.6 is 0 Å². The zero-order valence-corrected chi connectivity index (χ0v) is 13.5. The Hall–Kier alpha value is -2.56. The second-order valence-corrected chi connectivity index (χ2v) is 5.40. The Morgan fingerprint density at radius 2 is 2.09 bits per heavy atom. The fourth-order valence-corrected chi connectivity index (χ4v) is 2.64. The molecule has 122 valence electrons. The Kier molecular flexibility index (Phi) is 5.57. The minimum Gasteiger partial charge on any atom is -0.480 e. The molecular formula is C18H22N2O3. The normalized spacial score (nSPS) is 12.6. The number of nitrogens with zero attached hydrogens (tertiary/aromatic N) is 1. The van der Waals surface area contributed by atoms with Gasteiger partial charge in [0.1, 0.15) is 6.04 Å². The number of aliphatic carboxylic acids is 1. The number of carbonyl (C=O) groups excluding carboxylic acids is 1. The van der Waals surface area contributed by atoms with Crippen LogP contribution in [-0.2, 0) is 22.6 Å². The van der Waals surface area contributed by atoms with Gasteiger partial charge in [0.25, 0.3) is 0 Å². The number of benzene rings is 1. The summed E-state index contributed by atoms with van der Waals surface area (Å²) >= 11 is 0. The van der Waals surface area contributed by atoms with Gasteiger partial charge in [-0.05, 0) is 31.9 Å².